The summed E-state index contributed by atoms with van der Waals surface area (Å²) >= 11 is 0. The van der Waals surface area contributed by atoms with Crippen LogP contribution in [0.4, 0.5) is 0 Å². The van der Waals surface area contributed by atoms with Crippen molar-refractivity contribution in [3.63, 3.8) is 0 Å². The van der Waals surface area contributed by atoms with Gasteiger partial charge in [-0.1, -0.05) is 0 Å². The van der Waals surface area contributed by atoms with E-state index in [0.29, 0.717) is 12.4 Å². The molecular formula is C7H11N3O2. The molecule has 0 unspecified atom stereocenters. The number of nitrogens with zero attached hydrogens (tertiary/aromatic N) is 3. The molecule has 1 heterocycles. The van der Waals surface area contributed by atoms with Gasteiger partial charge in [-0.25, -0.2) is 9.78 Å². The molecule has 1 aromatic heterocycles. The third-order valence-electron chi connectivity index (χ3n) is 1.44. The first-order valence-electron chi connectivity index (χ1n) is 3.70. The van der Waals surface area contributed by atoms with Crippen LogP contribution in [0.25, 0.3) is 0 Å². The lowest BCUT2D eigenvalue weighted by atomic mass is 10.6. The van der Waals surface area contributed by atoms with E-state index >= 15 is 0 Å². The van der Waals surface area contributed by atoms with Crippen molar-refractivity contribution in [3.8, 4) is 0 Å². The minimum Gasteiger partial charge on any atom is -0.460 e. The van der Waals surface area contributed by atoms with Gasteiger partial charge in [-0.05, 0) is 13.8 Å². The van der Waals surface area contributed by atoms with Crippen LogP contribution >= 0.6 is 0 Å². The molecule has 1 aromatic rings. The molecule has 1 rings (SSSR count). The molecule has 12 heavy (non-hydrogen) atoms. The Morgan fingerprint density at radius 1 is 1.67 bits per heavy atom. The average molecular weight is 169 g/mol. The van der Waals surface area contributed by atoms with Crippen molar-refractivity contribution in [2.45, 2.75) is 13.8 Å². The van der Waals surface area contributed by atoms with Crippen LogP contribution in [0.1, 0.15) is 23.4 Å². The number of hydrogen-bond acceptors (Lipinski definition) is 4. The number of ether oxygens (including phenoxy) is 1. The zero-order chi connectivity index (χ0) is 9.14. The first-order valence-corrected chi connectivity index (χ1v) is 3.70. The highest BCUT2D eigenvalue weighted by molar-refractivity contribution is 5.84. The molecule has 0 aliphatic heterocycles. The Balaban J connectivity index is 2.82. The summed E-state index contributed by atoms with van der Waals surface area (Å²) in [7, 11) is 1.73. The zero-order valence-electron chi connectivity index (χ0n) is 7.37. The average Bonchev–Trinajstić information content (AvgIpc) is 2.33. The van der Waals surface area contributed by atoms with Crippen LogP contribution in [-0.4, -0.2) is 27.3 Å². The second-order valence-corrected chi connectivity index (χ2v) is 2.33. The van der Waals surface area contributed by atoms with Gasteiger partial charge < -0.3 is 4.74 Å². The molecular weight excluding hydrogens is 158 g/mol. The number of carbonyl (C=O) groups is 1. The number of rotatable bonds is 2. The van der Waals surface area contributed by atoms with E-state index in [9.17, 15) is 4.79 Å². The fraction of sp³-hybridized carbons (Fsp3) is 0.571. The molecule has 0 bridgehead atoms. The Labute approximate surface area is 70.4 Å². The van der Waals surface area contributed by atoms with E-state index < -0.39 is 5.97 Å². The van der Waals surface area contributed by atoms with E-state index in [4.69, 9.17) is 4.74 Å². The highest BCUT2D eigenvalue weighted by atomic mass is 16.5. The number of hydrogen-bond donors (Lipinski definition) is 0. The molecule has 0 saturated heterocycles. The fourth-order valence-electron chi connectivity index (χ4n) is 0.745. The third-order valence-corrected chi connectivity index (χ3v) is 1.44. The Kier molecular flexibility index (Phi) is 2.42. The van der Waals surface area contributed by atoms with E-state index in [1.165, 1.54) is 4.68 Å². The third kappa shape index (κ3) is 1.61. The topological polar surface area (TPSA) is 57.0 Å². The zero-order valence-corrected chi connectivity index (χ0v) is 7.37. The number of aryl methyl sites for hydroxylation is 2. The van der Waals surface area contributed by atoms with Crippen LogP contribution in [0.15, 0.2) is 0 Å². The Bertz CT molecular complexity index is 273. The van der Waals surface area contributed by atoms with Crippen molar-refractivity contribution in [2.24, 2.45) is 7.05 Å². The second-order valence-electron chi connectivity index (χ2n) is 2.33. The largest absolute Gasteiger partial charge is 0.460 e. The highest BCUT2D eigenvalue weighted by Crippen LogP contribution is 1.96. The lowest BCUT2D eigenvalue weighted by molar-refractivity contribution is 0.0512. The lowest BCUT2D eigenvalue weighted by Crippen LogP contribution is -2.07. The predicted octanol–water partition coefficient (Wildman–Crippen LogP) is 0.300. The summed E-state index contributed by atoms with van der Waals surface area (Å²) in [6.45, 7) is 3.86. The number of carbonyl (C=O) groups excluding carboxylic acids is 1. The molecule has 0 fully saturated rings. The Morgan fingerprint density at radius 3 is 2.75 bits per heavy atom. The molecule has 0 spiro atoms. The Morgan fingerprint density at radius 2 is 2.33 bits per heavy atom. The second kappa shape index (κ2) is 3.34. The quantitative estimate of drug-likeness (QED) is 0.597. The molecule has 0 amide bonds. The standard InChI is InChI=1S/C7H11N3O2/c1-4-12-7(11)6-8-5(2)10(3)9-6/h4H2,1-3H3. The van der Waals surface area contributed by atoms with E-state index in [-0.39, 0.29) is 5.82 Å². The molecule has 0 aliphatic carbocycles. The minimum absolute atomic E-state index is 0.122. The highest BCUT2D eigenvalue weighted by Gasteiger charge is 2.12. The van der Waals surface area contributed by atoms with Gasteiger partial charge in [-0.15, -0.1) is 5.10 Å². The van der Waals surface area contributed by atoms with Gasteiger partial charge in [0, 0.05) is 7.05 Å². The predicted molar refractivity (Wildman–Crippen MR) is 41.7 cm³/mol. The first kappa shape index (κ1) is 8.70. The first-order chi connectivity index (χ1) is 5.65. The van der Waals surface area contributed by atoms with E-state index in [0.717, 1.165) is 0 Å². The van der Waals surface area contributed by atoms with E-state index in [2.05, 4.69) is 10.1 Å². The van der Waals surface area contributed by atoms with E-state index in [1.54, 1.807) is 20.9 Å². The molecule has 0 aromatic carbocycles. The van der Waals surface area contributed by atoms with Crippen LogP contribution in [0, 0.1) is 6.92 Å². The summed E-state index contributed by atoms with van der Waals surface area (Å²) in [5, 5.41) is 3.86. The van der Waals surface area contributed by atoms with Crippen molar-refractivity contribution >= 4 is 5.97 Å². The van der Waals surface area contributed by atoms with Crippen molar-refractivity contribution in [3.05, 3.63) is 11.6 Å². The van der Waals surface area contributed by atoms with Crippen LogP contribution in [0.3, 0.4) is 0 Å². The SMILES string of the molecule is CCOC(=O)c1nc(C)n(C)n1. The van der Waals surface area contributed by atoms with Crippen LogP contribution in [0.2, 0.25) is 0 Å². The van der Waals surface area contributed by atoms with Crippen molar-refractivity contribution in [2.75, 3.05) is 6.61 Å². The summed E-state index contributed by atoms with van der Waals surface area (Å²) in [6.07, 6.45) is 0. The summed E-state index contributed by atoms with van der Waals surface area (Å²) in [5.41, 5.74) is 0. The van der Waals surface area contributed by atoms with Gasteiger partial charge >= 0.3 is 5.97 Å². The Hall–Kier alpha value is -1.39. The van der Waals surface area contributed by atoms with Crippen LogP contribution in [-0.2, 0) is 11.8 Å². The maximum absolute atomic E-state index is 11.0. The van der Waals surface area contributed by atoms with Crippen molar-refractivity contribution in [1.29, 1.82) is 0 Å². The van der Waals surface area contributed by atoms with Gasteiger partial charge in [0.05, 0.1) is 6.61 Å². The molecule has 5 nitrogen and oxygen atoms in total. The van der Waals surface area contributed by atoms with Crippen molar-refractivity contribution < 1.29 is 9.53 Å². The normalized spacial score (nSPS) is 9.92. The van der Waals surface area contributed by atoms with Gasteiger partial charge in [0.2, 0.25) is 0 Å². The molecule has 0 aliphatic rings. The number of esters is 1. The summed E-state index contributed by atoms with van der Waals surface area (Å²) in [6, 6.07) is 0. The molecule has 0 N–H and O–H groups in total. The monoisotopic (exact) mass is 169 g/mol. The molecule has 0 saturated carbocycles. The maximum Gasteiger partial charge on any atom is 0.378 e. The van der Waals surface area contributed by atoms with Crippen LogP contribution < -0.4 is 0 Å². The van der Waals surface area contributed by atoms with Crippen LogP contribution in [0.5, 0.6) is 0 Å². The van der Waals surface area contributed by atoms with Gasteiger partial charge in [0.15, 0.2) is 0 Å². The minimum atomic E-state index is -0.471. The van der Waals surface area contributed by atoms with Crippen molar-refractivity contribution in [1.82, 2.24) is 14.8 Å². The fourth-order valence-corrected chi connectivity index (χ4v) is 0.745. The smallest absolute Gasteiger partial charge is 0.378 e. The van der Waals surface area contributed by atoms with E-state index in [1.807, 2.05) is 0 Å². The molecule has 0 radical (unpaired) electrons. The molecule has 66 valence electrons. The molecule has 0 atom stereocenters. The van der Waals surface area contributed by atoms with Gasteiger partial charge in [0.1, 0.15) is 5.82 Å². The summed E-state index contributed by atoms with van der Waals surface area (Å²) < 4.78 is 6.25. The summed E-state index contributed by atoms with van der Waals surface area (Å²) in [5.74, 6) is 0.344. The summed E-state index contributed by atoms with van der Waals surface area (Å²) in [4.78, 5) is 15.0. The number of aromatic nitrogens is 3. The van der Waals surface area contributed by atoms with Gasteiger partial charge in [-0.2, -0.15) is 0 Å². The molecule has 5 heteroatoms. The van der Waals surface area contributed by atoms with Gasteiger partial charge in [0.25, 0.3) is 5.82 Å². The lowest BCUT2D eigenvalue weighted by Gasteiger charge is -1.94. The van der Waals surface area contributed by atoms with Gasteiger partial charge in [-0.3, -0.25) is 4.68 Å². The maximum atomic E-state index is 11.0.